The summed E-state index contributed by atoms with van der Waals surface area (Å²) in [7, 11) is 1.32. The standard InChI is InChI=1S/C25H27FN6O6/c1-3-12-30(16-10-11-20(38-2)18(15-16)23(34)35)24(36)32-25(37)31(27-28-32)21-17(8-7-9-19(21)26)22(33)29-13-5-4-6-14-29/h7-11,15H,3-6,12-14H2,1-2H3,(H,34,35). The van der Waals surface area contributed by atoms with Crippen LogP contribution in [0.5, 0.6) is 5.75 Å². The fraction of sp³-hybridized carbons (Fsp3) is 0.360. The zero-order valence-electron chi connectivity index (χ0n) is 21.0. The Hall–Kier alpha value is -4.55. The van der Waals surface area contributed by atoms with Crippen molar-refractivity contribution in [3.05, 3.63) is 63.8 Å². The molecule has 0 radical (unpaired) electrons. The predicted octanol–water partition coefficient (Wildman–Crippen LogP) is 2.79. The van der Waals surface area contributed by atoms with Crippen molar-refractivity contribution in [3.63, 3.8) is 0 Å². The van der Waals surface area contributed by atoms with Gasteiger partial charge in [0.05, 0.1) is 12.7 Å². The van der Waals surface area contributed by atoms with Gasteiger partial charge in [0.1, 0.15) is 22.8 Å². The molecule has 2 amide bonds. The molecule has 13 heteroatoms. The number of likely N-dealkylation sites (tertiary alicyclic amines) is 1. The van der Waals surface area contributed by atoms with Gasteiger partial charge in [0, 0.05) is 25.3 Å². The van der Waals surface area contributed by atoms with Crippen LogP contribution < -0.4 is 15.3 Å². The molecule has 4 rings (SSSR count). The number of aromatic nitrogens is 4. The number of hydrogen-bond acceptors (Lipinski definition) is 7. The van der Waals surface area contributed by atoms with Crippen LogP contribution in [0.3, 0.4) is 0 Å². The number of carbonyl (C=O) groups is 3. The molecule has 0 bridgehead atoms. The summed E-state index contributed by atoms with van der Waals surface area (Å²) >= 11 is 0. The third kappa shape index (κ3) is 4.99. The fourth-order valence-electron chi connectivity index (χ4n) is 4.38. The number of hydrogen-bond donors (Lipinski definition) is 1. The molecular weight excluding hydrogens is 499 g/mol. The van der Waals surface area contributed by atoms with E-state index in [1.54, 1.807) is 11.8 Å². The average molecular weight is 527 g/mol. The molecule has 0 unspecified atom stereocenters. The van der Waals surface area contributed by atoms with E-state index in [2.05, 4.69) is 10.4 Å². The maximum absolute atomic E-state index is 15.0. The molecule has 3 aromatic rings. The number of carbonyl (C=O) groups excluding carboxylic acids is 2. The Balaban J connectivity index is 1.74. The monoisotopic (exact) mass is 526 g/mol. The lowest BCUT2D eigenvalue weighted by atomic mass is 10.1. The number of halogens is 1. The molecule has 1 aliphatic heterocycles. The van der Waals surface area contributed by atoms with Crippen molar-refractivity contribution in [2.75, 3.05) is 31.6 Å². The van der Waals surface area contributed by atoms with Crippen LogP contribution in [0.2, 0.25) is 0 Å². The van der Waals surface area contributed by atoms with E-state index in [4.69, 9.17) is 4.74 Å². The van der Waals surface area contributed by atoms with Crippen molar-refractivity contribution in [1.29, 1.82) is 0 Å². The third-order valence-corrected chi connectivity index (χ3v) is 6.24. The minimum absolute atomic E-state index is 0.0693. The van der Waals surface area contributed by atoms with Crippen molar-refractivity contribution in [1.82, 2.24) is 24.7 Å². The number of tetrazole rings is 1. The number of piperidine rings is 1. The van der Waals surface area contributed by atoms with Gasteiger partial charge in [-0.25, -0.2) is 18.8 Å². The molecule has 1 aromatic heterocycles. The maximum atomic E-state index is 15.0. The van der Waals surface area contributed by atoms with Crippen LogP contribution in [-0.4, -0.2) is 74.4 Å². The van der Waals surface area contributed by atoms with Gasteiger partial charge < -0.3 is 14.7 Å². The van der Waals surface area contributed by atoms with Crippen LogP contribution in [0.25, 0.3) is 5.69 Å². The zero-order chi connectivity index (χ0) is 27.4. The van der Waals surface area contributed by atoms with Crippen molar-refractivity contribution in [3.8, 4) is 11.4 Å². The summed E-state index contributed by atoms with van der Waals surface area (Å²) in [5.41, 5.74) is -1.54. The summed E-state index contributed by atoms with van der Waals surface area (Å²) < 4.78 is 21.1. The molecule has 1 saturated heterocycles. The molecule has 2 aromatic carbocycles. The van der Waals surface area contributed by atoms with Gasteiger partial charge in [-0.15, -0.1) is 4.68 Å². The number of methoxy groups -OCH3 is 1. The normalized spacial score (nSPS) is 13.3. The topological polar surface area (TPSA) is 140 Å². The van der Waals surface area contributed by atoms with E-state index in [9.17, 15) is 24.3 Å². The number of ether oxygens (including phenoxy) is 1. The summed E-state index contributed by atoms with van der Waals surface area (Å²) in [5.74, 6) is -2.49. The van der Waals surface area contributed by atoms with Gasteiger partial charge in [-0.1, -0.05) is 13.0 Å². The van der Waals surface area contributed by atoms with Gasteiger partial charge in [-0.2, -0.15) is 4.68 Å². The van der Waals surface area contributed by atoms with E-state index in [0.29, 0.717) is 28.9 Å². The molecular formula is C25H27FN6O6. The Labute approximate surface area is 216 Å². The summed E-state index contributed by atoms with van der Waals surface area (Å²) in [6.45, 7) is 2.93. The number of amides is 2. The molecule has 0 spiro atoms. The van der Waals surface area contributed by atoms with E-state index < -0.39 is 35.1 Å². The number of benzene rings is 2. The lowest BCUT2D eigenvalue weighted by molar-refractivity contribution is 0.0691. The minimum atomic E-state index is -1.26. The number of nitrogens with zero attached hydrogens (tertiary/aromatic N) is 6. The van der Waals surface area contributed by atoms with Crippen molar-refractivity contribution < 1.29 is 28.6 Å². The quantitative estimate of drug-likeness (QED) is 0.464. The molecule has 1 N–H and O–H groups in total. The molecule has 38 heavy (non-hydrogen) atoms. The highest BCUT2D eigenvalue weighted by molar-refractivity contribution is 5.98. The number of carboxylic acid groups (broad SMARTS) is 1. The molecule has 0 aliphatic carbocycles. The number of anilines is 1. The SMILES string of the molecule is CCCN(C(=O)n1nnn(-c2c(F)cccc2C(=O)N2CCCCC2)c1=O)c1ccc(OC)c(C(=O)O)c1. The Morgan fingerprint density at radius 2 is 1.82 bits per heavy atom. The maximum Gasteiger partial charge on any atom is 0.377 e. The summed E-state index contributed by atoms with van der Waals surface area (Å²) in [6, 6.07) is 7.04. The van der Waals surface area contributed by atoms with Gasteiger partial charge in [0.15, 0.2) is 0 Å². The van der Waals surface area contributed by atoms with Crippen LogP contribution in [0.4, 0.5) is 14.9 Å². The largest absolute Gasteiger partial charge is 0.496 e. The van der Waals surface area contributed by atoms with Crippen molar-refractivity contribution >= 4 is 23.6 Å². The summed E-state index contributed by atoms with van der Waals surface area (Å²) in [4.78, 5) is 54.3. The van der Waals surface area contributed by atoms with Gasteiger partial charge in [-0.05, 0) is 66.4 Å². The van der Waals surface area contributed by atoms with Crippen LogP contribution >= 0.6 is 0 Å². The number of aromatic carboxylic acids is 1. The van der Waals surface area contributed by atoms with Gasteiger partial charge >= 0.3 is 17.7 Å². The lowest BCUT2D eigenvalue weighted by Crippen LogP contribution is -2.42. The minimum Gasteiger partial charge on any atom is -0.496 e. The first-order chi connectivity index (χ1) is 18.3. The molecule has 1 fully saturated rings. The van der Waals surface area contributed by atoms with Crippen molar-refractivity contribution in [2.24, 2.45) is 0 Å². The zero-order valence-corrected chi connectivity index (χ0v) is 21.0. The lowest BCUT2D eigenvalue weighted by Gasteiger charge is -2.27. The van der Waals surface area contributed by atoms with Gasteiger partial charge in [0.2, 0.25) is 0 Å². The summed E-state index contributed by atoms with van der Waals surface area (Å²) in [6.07, 6.45) is 3.10. The first-order valence-corrected chi connectivity index (χ1v) is 12.1. The molecule has 12 nitrogen and oxygen atoms in total. The smallest absolute Gasteiger partial charge is 0.377 e. The first-order valence-electron chi connectivity index (χ1n) is 12.1. The Kier molecular flexibility index (Phi) is 7.84. The Bertz CT molecular complexity index is 1430. The third-order valence-electron chi connectivity index (χ3n) is 6.24. The van der Waals surface area contributed by atoms with E-state index in [1.807, 2.05) is 0 Å². The van der Waals surface area contributed by atoms with E-state index in [-0.39, 0.29) is 29.1 Å². The van der Waals surface area contributed by atoms with Crippen LogP contribution in [0.15, 0.2) is 41.2 Å². The highest BCUT2D eigenvalue weighted by Crippen LogP contribution is 2.26. The Morgan fingerprint density at radius 3 is 2.47 bits per heavy atom. The van der Waals surface area contributed by atoms with E-state index in [1.165, 1.54) is 37.4 Å². The number of para-hydroxylation sites is 1. The second kappa shape index (κ2) is 11.2. The molecule has 2 heterocycles. The molecule has 200 valence electrons. The fourth-order valence-corrected chi connectivity index (χ4v) is 4.38. The number of carboxylic acids is 1. The van der Waals surface area contributed by atoms with Gasteiger partial charge in [0.25, 0.3) is 5.91 Å². The second-order valence-corrected chi connectivity index (χ2v) is 8.70. The highest BCUT2D eigenvalue weighted by atomic mass is 19.1. The first kappa shape index (κ1) is 26.5. The van der Waals surface area contributed by atoms with Gasteiger partial charge in [-0.3, -0.25) is 9.69 Å². The molecule has 0 atom stereocenters. The van der Waals surface area contributed by atoms with Crippen LogP contribution in [0.1, 0.15) is 53.3 Å². The average Bonchev–Trinajstić information content (AvgIpc) is 3.31. The van der Waals surface area contributed by atoms with E-state index in [0.717, 1.165) is 30.2 Å². The Morgan fingerprint density at radius 1 is 1.08 bits per heavy atom. The van der Waals surface area contributed by atoms with Crippen LogP contribution in [0, 0.1) is 5.82 Å². The highest BCUT2D eigenvalue weighted by Gasteiger charge is 2.28. The summed E-state index contributed by atoms with van der Waals surface area (Å²) in [5, 5.41) is 16.9. The predicted molar refractivity (Wildman–Crippen MR) is 134 cm³/mol. The molecule has 0 saturated carbocycles. The van der Waals surface area contributed by atoms with E-state index >= 15 is 4.39 Å². The number of rotatable bonds is 7. The van der Waals surface area contributed by atoms with Crippen molar-refractivity contribution in [2.45, 2.75) is 32.6 Å². The van der Waals surface area contributed by atoms with Crippen LogP contribution in [-0.2, 0) is 0 Å². The molecule has 1 aliphatic rings. The second-order valence-electron chi connectivity index (χ2n) is 8.70.